The molecule has 1 aromatic heterocycles. The van der Waals surface area contributed by atoms with E-state index in [2.05, 4.69) is 0 Å². The molecule has 0 fully saturated rings. The number of nitrogen functional groups attached to an aromatic ring is 1. The van der Waals surface area contributed by atoms with Crippen molar-refractivity contribution >= 4 is 5.88 Å². The second-order valence-electron chi connectivity index (χ2n) is 4.87. The summed E-state index contributed by atoms with van der Waals surface area (Å²) in [7, 11) is 1.57. The number of hydrogen-bond acceptors (Lipinski definition) is 4. The Balaban J connectivity index is 2.26. The summed E-state index contributed by atoms with van der Waals surface area (Å²) >= 11 is 0. The van der Waals surface area contributed by atoms with E-state index < -0.39 is 5.82 Å². The van der Waals surface area contributed by atoms with Crippen molar-refractivity contribution in [1.29, 1.82) is 5.26 Å². The van der Waals surface area contributed by atoms with Crippen LogP contribution in [0.2, 0.25) is 0 Å². The normalized spacial score (nSPS) is 10.3. The highest BCUT2D eigenvalue weighted by Crippen LogP contribution is 2.41. The maximum absolute atomic E-state index is 14.1. The molecule has 3 rings (SSSR count). The zero-order chi connectivity index (χ0) is 16.4. The van der Waals surface area contributed by atoms with Gasteiger partial charge in [-0.05, 0) is 29.8 Å². The first kappa shape index (κ1) is 14.7. The largest absolute Gasteiger partial charge is 0.497 e. The van der Waals surface area contributed by atoms with Gasteiger partial charge in [-0.25, -0.2) is 4.39 Å². The summed E-state index contributed by atoms with van der Waals surface area (Å²) in [4.78, 5) is 0. The van der Waals surface area contributed by atoms with Crippen LogP contribution in [0.5, 0.6) is 5.75 Å². The Morgan fingerprint density at radius 1 is 1.13 bits per heavy atom. The third-order valence-corrected chi connectivity index (χ3v) is 3.54. The first-order chi connectivity index (χ1) is 11.2. The zero-order valence-electron chi connectivity index (χ0n) is 12.3. The van der Waals surface area contributed by atoms with Gasteiger partial charge in [0.1, 0.15) is 29.0 Å². The first-order valence-electron chi connectivity index (χ1n) is 6.87. The van der Waals surface area contributed by atoms with Crippen LogP contribution in [0.25, 0.3) is 22.5 Å². The molecule has 0 aliphatic rings. The van der Waals surface area contributed by atoms with Gasteiger partial charge in [0.15, 0.2) is 0 Å². The summed E-state index contributed by atoms with van der Waals surface area (Å²) in [5, 5.41) is 9.38. The van der Waals surface area contributed by atoms with Gasteiger partial charge < -0.3 is 14.9 Å². The van der Waals surface area contributed by atoms with Crippen molar-refractivity contribution in [1.82, 2.24) is 0 Å². The van der Waals surface area contributed by atoms with Gasteiger partial charge in [0.05, 0.1) is 12.7 Å². The van der Waals surface area contributed by atoms with Crippen molar-refractivity contribution in [2.45, 2.75) is 0 Å². The van der Waals surface area contributed by atoms with Crippen LogP contribution in [0, 0.1) is 17.1 Å². The summed E-state index contributed by atoms with van der Waals surface area (Å²) < 4.78 is 24.8. The molecule has 3 aromatic rings. The van der Waals surface area contributed by atoms with Crippen molar-refractivity contribution < 1.29 is 13.5 Å². The zero-order valence-corrected chi connectivity index (χ0v) is 12.3. The van der Waals surface area contributed by atoms with Crippen molar-refractivity contribution in [2.75, 3.05) is 12.8 Å². The molecule has 23 heavy (non-hydrogen) atoms. The van der Waals surface area contributed by atoms with Crippen LogP contribution in [0.4, 0.5) is 10.3 Å². The Bertz CT molecular complexity index is 892. The van der Waals surface area contributed by atoms with Crippen molar-refractivity contribution in [2.24, 2.45) is 0 Å². The Labute approximate surface area is 132 Å². The van der Waals surface area contributed by atoms with E-state index in [0.29, 0.717) is 16.9 Å². The van der Waals surface area contributed by atoms with Gasteiger partial charge in [0, 0.05) is 5.56 Å². The number of nitriles is 1. The minimum atomic E-state index is -0.444. The van der Waals surface area contributed by atoms with E-state index in [1.54, 1.807) is 49.6 Å². The van der Waals surface area contributed by atoms with Crippen LogP contribution in [-0.4, -0.2) is 7.11 Å². The molecule has 0 aliphatic heterocycles. The number of benzene rings is 2. The number of hydrogen-bond donors (Lipinski definition) is 1. The van der Waals surface area contributed by atoms with E-state index in [1.807, 2.05) is 6.07 Å². The number of nitrogens with two attached hydrogens (primary N) is 1. The SMILES string of the molecule is COc1ccc(-c2c(-c3ccccc3F)oc(N)c2C#N)cc1. The number of rotatable bonds is 3. The van der Waals surface area contributed by atoms with E-state index in [0.717, 1.165) is 0 Å². The fourth-order valence-electron chi connectivity index (χ4n) is 2.43. The summed E-state index contributed by atoms with van der Waals surface area (Å²) in [5.74, 6) is 0.440. The molecule has 2 aromatic carbocycles. The van der Waals surface area contributed by atoms with Crippen LogP contribution < -0.4 is 10.5 Å². The number of halogens is 1. The number of methoxy groups -OCH3 is 1. The van der Waals surface area contributed by atoms with Crippen molar-refractivity contribution in [3.8, 4) is 34.3 Å². The number of ether oxygens (including phenoxy) is 1. The number of furan rings is 1. The summed E-state index contributed by atoms with van der Waals surface area (Å²) in [6, 6.07) is 15.3. The maximum Gasteiger partial charge on any atom is 0.209 e. The van der Waals surface area contributed by atoms with E-state index in [-0.39, 0.29) is 22.8 Å². The molecular weight excluding hydrogens is 295 g/mol. The highest BCUT2D eigenvalue weighted by Gasteiger charge is 2.23. The molecule has 0 bridgehead atoms. The highest BCUT2D eigenvalue weighted by atomic mass is 19.1. The van der Waals surface area contributed by atoms with Gasteiger partial charge in [0.2, 0.25) is 5.88 Å². The third kappa shape index (κ3) is 2.51. The molecule has 2 N–H and O–H groups in total. The molecule has 1 heterocycles. The van der Waals surface area contributed by atoms with Gasteiger partial charge in [-0.2, -0.15) is 5.26 Å². The van der Waals surface area contributed by atoms with Crippen molar-refractivity contribution in [3.05, 3.63) is 59.9 Å². The molecule has 5 heteroatoms. The van der Waals surface area contributed by atoms with Gasteiger partial charge in [-0.1, -0.05) is 24.3 Å². The molecule has 4 nitrogen and oxygen atoms in total. The van der Waals surface area contributed by atoms with Crippen LogP contribution in [0.1, 0.15) is 5.56 Å². The lowest BCUT2D eigenvalue weighted by atomic mass is 9.98. The fourth-order valence-corrected chi connectivity index (χ4v) is 2.43. The molecule has 0 amide bonds. The smallest absolute Gasteiger partial charge is 0.209 e. The lowest BCUT2D eigenvalue weighted by Gasteiger charge is -2.06. The van der Waals surface area contributed by atoms with Crippen molar-refractivity contribution in [3.63, 3.8) is 0 Å². The molecule has 0 atom stereocenters. The van der Waals surface area contributed by atoms with Crippen LogP contribution in [-0.2, 0) is 0 Å². The van der Waals surface area contributed by atoms with Gasteiger partial charge in [-0.3, -0.25) is 0 Å². The minimum absolute atomic E-state index is 0.0310. The van der Waals surface area contributed by atoms with Gasteiger partial charge >= 0.3 is 0 Å². The number of nitrogens with zero attached hydrogens (tertiary/aromatic N) is 1. The molecule has 0 spiro atoms. The molecule has 0 saturated heterocycles. The quantitative estimate of drug-likeness (QED) is 0.786. The average molecular weight is 308 g/mol. The Morgan fingerprint density at radius 3 is 2.43 bits per heavy atom. The minimum Gasteiger partial charge on any atom is -0.497 e. The lowest BCUT2D eigenvalue weighted by molar-refractivity contribution is 0.415. The standard InChI is InChI=1S/C18H13FN2O2/c1-22-12-8-6-11(7-9-12)16-14(10-20)18(21)23-17(16)13-4-2-3-5-15(13)19/h2-9H,21H2,1H3. The molecule has 0 aliphatic carbocycles. The van der Waals surface area contributed by atoms with E-state index in [1.165, 1.54) is 6.07 Å². The van der Waals surface area contributed by atoms with Gasteiger partial charge in [0.25, 0.3) is 0 Å². The summed E-state index contributed by atoms with van der Waals surface area (Å²) in [6.45, 7) is 0. The van der Waals surface area contributed by atoms with Crippen LogP contribution in [0.15, 0.2) is 52.9 Å². The monoisotopic (exact) mass is 308 g/mol. The molecular formula is C18H13FN2O2. The highest BCUT2D eigenvalue weighted by molar-refractivity contribution is 5.88. The van der Waals surface area contributed by atoms with E-state index in [4.69, 9.17) is 14.9 Å². The van der Waals surface area contributed by atoms with Gasteiger partial charge in [-0.15, -0.1) is 0 Å². The van der Waals surface area contributed by atoms with E-state index >= 15 is 0 Å². The van der Waals surface area contributed by atoms with E-state index in [9.17, 15) is 9.65 Å². The Morgan fingerprint density at radius 2 is 1.83 bits per heavy atom. The topological polar surface area (TPSA) is 72.2 Å². The summed E-state index contributed by atoms with van der Waals surface area (Å²) in [5.41, 5.74) is 7.41. The molecule has 0 unspecified atom stereocenters. The third-order valence-electron chi connectivity index (χ3n) is 3.54. The summed E-state index contributed by atoms with van der Waals surface area (Å²) in [6.07, 6.45) is 0. The Kier molecular flexibility index (Phi) is 3.73. The fraction of sp³-hybridized carbons (Fsp3) is 0.0556. The second-order valence-corrected chi connectivity index (χ2v) is 4.87. The maximum atomic E-state index is 14.1. The second kappa shape index (κ2) is 5.85. The molecule has 114 valence electrons. The first-order valence-corrected chi connectivity index (χ1v) is 6.87. The predicted octanol–water partition coefficient (Wildman–Crippen LogP) is 4.22. The average Bonchev–Trinajstić information content (AvgIpc) is 2.91. The molecule has 0 radical (unpaired) electrons. The number of anilines is 1. The predicted molar refractivity (Wildman–Crippen MR) is 85.2 cm³/mol. The molecule has 0 saturated carbocycles. The Hall–Kier alpha value is -3.26. The lowest BCUT2D eigenvalue weighted by Crippen LogP contribution is -1.88. The van der Waals surface area contributed by atoms with Crippen LogP contribution >= 0.6 is 0 Å². The van der Waals surface area contributed by atoms with Crippen LogP contribution in [0.3, 0.4) is 0 Å².